The maximum Gasteiger partial charge on any atom is 0.119 e. The van der Waals surface area contributed by atoms with E-state index in [1.54, 1.807) is 0 Å². The highest BCUT2D eigenvalue weighted by Crippen LogP contribution is 2.32. The SMILES string of the molecule is C=O.CCCc1cc(O)c(CCC)c(CCC)c1CCC. The molecule has 1 aromatic rings. The summed E-state index contributed by atoms with van der Waals surface area (Å²) < 4.78 is 0. The van der Waals surface area contributed by atoms with Crippen molar-refractivity contribution in [2.24, 2.45) is 0 Å². The van der Waals surface area contributed by atoms with E-state index in [4.69, 9.17) is 4.79 Å². The van der Waals surface area contributed by atoms with Crippen LogP contribution >= 0.6 is 0 Å². The highest BCUT2D eigenvalue weighted by atomic mass is 16.3. The molecule has 0 aliphatic rings. The lowest BCUT2D eigenvalue weighted by molar-refractivity contribution is -0.0979. The number of rotatable bonds is 8. The van der Waals surface area contributed by atoms with Crippen LogP contribution in [0, 0.1) is 0 Å². The van der Waals surface area contributed by atoms with Gasteiger partial charge >= 0.3 is 0 Å². The van der Waals surface area contributed by atoms with E-state index in [0.717, 1.165) is 44.9 Å². The number of hydrogen-bond acceptors (Lipinski definition) is 2. The largest absolute Gasteiger partial charge is 0.508 e. The van der Waals surface area contributed by atoms with Gasteiger partial charge in [0, 0.05) is 0 Å². The van der Waals surface area contributed by atoms with Crippen molar-refractivity contribution in [1.82, 2.24) is 0 Å². The van der Waals surface area contributed by atoms with Crippen LogP contribution in [0.3, 0.4) is 0 Å². The number of carbonyl (C=O) groups is 1. The molecule has 1 N–H and O–H groups in total. The number of aromatic hydroxyl groups is 1. The molecule has 0 saturated carbocycles. The van der Waals surface area contributed by atoms with Crippen LogP contribution in [0.15, 0.2) is 6.07 Å². The monoisotopic (exact) mass is 292 g/mol. The molecule has 1 rings (SSSR count). The third-order valence-electron chi connectivity index (χ3n) is 3.76. The average molecular weight is 292 g/mol. The molecule has 0 fully saturated rings. The fourth-order valence-electron chi connectivity index (χ4n) is 3.00. The summed E-state index contributed by atoms with van der Waals surface area (Å²) in [4.78, 5) is 8.00. The van der Waals surface area contributed by atoms with Gasteiger partial charge in [-0.05, 0) is 54.0 Å². The van der Waals surface area contributed by atoms with Crippen LogP contribution in [-0.4, -0.2) is 11.9 Å². The molecule has 0 atom stereocenters. The molecule has 21 heavy (non-hydrogen) atoms. The van der Waals surface area contributed by atoms with E-state index in [1.807, 2.05) is 12.9 Å². The van der Waals surface area contributed by atoms with Crippen LogP contribution in [0.2, 0.25) is 0 Å². The van der Waals surface area contributed by atoms with Gasteiger partial charge in [0.25, 0.3) is 0 Å². The zero-order valence-electron chi connectivity index (χ0n) is 14.3. The van der Waals surface area contributed by atoms with Crippen LogP contribution in [-0.2, 0) is 30.5 Å². The molecule has 0 aromatic heterocycles. The Balaban J connectivity index is 0.00000191. The van der Waals surface area contributed by atoms with Gasteiger partial charge in [0.05, 0.1) is 0 Å². The standard InChI is InChI=1S/C18H30O.CH2O/c1-5-9-14-13-18(19)17(12-8-4)16(11-7-3)15(14)10-6-2;1-2/h13,19H,5-12H2,1-4H3;1H2. The highest BCUT2D eigenvalue weighted by Gasteiger charge is 2.15. The number of phenolic OH excluding ortho intramolecular Hbond substituents is 1. The van der Waals surface area contributed by atoms with Gasteiger partial charge < -0.3 is 9.90 Å². The maximum absolute atomic E-state index is 10.3. The van der Waals surface area contributed by atoms with Crippen molar-refractivity contribution in [1.29, 1.82) is 0 Å². The Morgan fingerprint density at radius 3 is 1.67 bits per heavy atom. The molecule has 1 aromatic carbocycles. The quantitative estimate of drug-likeness (QED) is 0.730. The lowest BCUT2D eigenvalue weighted by Crippen LogP contribution is -2.06. The first kappa shape index (κ1) is 19.7. The minimum absolute atomic E-state index is 0.536. The van der Waals surface area contributed by atoms with Gasteiger partial charge in [0.1, 0.15) is 12.5 Å². The van der Waals surface area contributed by atoms with Crippen LogP contribution in [0.5, 0.6) is 5.75 Å². The number of aryl methyl sites for hydroxylation is 1. The molecule has 0 bridgehead atoms. The number of phenols is 1. The lowest BCUT2D eigenvalue weighted by atomic mass is 9.86. The second-order valence-electron chi connectivity index (χ2n) is 5.49. The van der Waals surface area contributed by atoms with E-state index < -0.39 is 0 Å². The highest BCUT2D eigenvalue weighted by molar-refractivity contribution is 5.49. The Morgan fingerprint density at radius 1 is 0.762 bits per heavy atom. The number of carbonyl (C=O) groups excluding carboxylic acids is 1. The summed E-state index contributed by atoms with van der Waals surface area (Å²) in [5.41, 5.74) is 5.58. The molecule has 0 amide bonds. The third kappa shape index (κ3) is 5.53. The predicted molar refractivity (Wildman–Crippen MR) is 91.2 cm³/mol. The average Bonchev–Trinajstić information content (AvgIpc) is 2.49. The Labute approximate surface area is 130 Å². The van der Waals surface area contributed by atoms with Gasteiger partial charge in [-0.25, -0.2) is 0 Å². The molecule has 0 aliphatic carbocycles. The summed E-state index contributed by atoms with van der Waals surface area (Å²) >= 11 is 0. The summed E-state index contributed by atoms with van der Waals surface area (Å²) in [6.45, 7) is 10.9. The lowest BCUT2D eigenvalue weighted by Gasteiger charge is -2.20. The summed E-state index contributed by atoms with van der Waals surface area (Å²) in [6, 6.07) is 2.04. The van der Waals surface area contributed by atoms with Gasteiger partial charge in [0.15, 0.2) is 0 Å². The van der Waals surface area contributed by atoms with E-state index in [2.05, 4.69) is 27.7 Å². The summed E-state index contributed by atoms with van der Waals surface area (Å²) in [5.74, 6) is 0.536. The molecule has 0 radical (unpaired) electrons. The van der Waals surface area contributed by atoms with E-state index in [-0.39, 0.29) is 0 Å². The number of hydrogen-bond donors (Lipinski definition) is 1. The second-order valence-corrected chi connectivity index (χ2v) is 5.49. The molecule has 0 aliphatic heterocycles. The molecule has 2 nitrogen and oxygen atoms in total. The second kappa shape index (κ2) is 11.4. The minimum atomic E-state index is 0.536. The smallest absolute Gasteiger partial charge is 0.119 e. The summed E-state index contributed by atoms with van der Waals surface area (Å²) in [5, 5.41) is 10.3. The molecule has 120 valence electrons. The maximum atomic E-state index is 10.3. The van der Waals surface area contributed by atoms with Crippen molar-refractivity contribution in [2.45, 2.75) is 79.1 Å². The molecule has 0 unspecified atom stereocenters. The molecule has 0 heterocycles. The number of benzene rings is 1. The molecule has 0 saturated heterocycles. The van der Waals surface area contributed by atoms with Gasteiger partial charge in [-0.2, -0.15) is 0 Å². The van der Waals surface area contributed by atoms with Crippen LogP contribution in [0.25, 0.3) is 0 Å². The Bertz CT molecular complexity index is 411. The van der Waals surface area contributed by atoms with E-state index in [9.17, 15) is 5.11 Å². The first-order chi connectivity index (χ1) is 10.2. The van der Waals surface area contributed by atoms with Crippen LogP contribution in [0.4, 0.5) is 0 Å². The molecule has 2 heteroatoms. The van der Waals surface area contributed by atoms with Crippen molar-refractivity contribution < 1.29 is 9.90 Å². The van der Waals surface area contributed by atoms with E-state index in [0.29, 0.717) is 5.75 Å². The van der Waals surface area contributed by atoms with Gasteiger partial charge in [-0.15, -0.1) is 0 Å². The van der Waals surface area contributed by atoms with Gasteiger partial charge in [0.2, 0.25) is 0 Å². The van der Waals surface area contributed by atoms with Crippen molar-refractivity contribution in [2.75, 3.05) is 0 Å². The predicted octanol–water partition coefficient (Wildman–Crippen LogP) is 5.02. The third-order valence-corrected chi connectivity index (χ3v) is 3.76. The first-order valence-electron chi connectivity index (χ1n) is 8.33. The van der Waals surface area contributed by atoms with Gasteiger partial charge in [-0.1, -0.05) is 53.4 Å². The zero-order chi connectivity index (χ0) is 16.3. The molecular weight excluding hydrogens is 260 g/mol. The van der Waals surface area contributed by atoms with Crippen molar-refractivity contribution >= 4 is 6.79 Å². The summed E-state index contributed by atoms with van der Waals surface area (Å²) in [7, 11) is 0. The van der Waals surface area contributed by atoms with Crippen molar-refractivity contribution in [3.8, 4) is 5.75 Å². The zero-order valence-corrected chi connectivity index (χ0v) is 14.3. The Morgan fingerprint density at radius 2 is 1.19 bits per heavy atom. The molecular formula is C19H32O2. The fraction of sp³-hybridized carbons (Fsp3) is 0.632. The van der Waals surface area contributed by atoms with E-state index in [1.165, 1.54) is 28.7 Å². The first-order valence-corrected chi connectivity index (χ1v) is 8.33. The molecule has 0 spiro atoms. The van der Waals surface area contributed by atoms with E-state index >= 15 is 0 Å². The topological polar surface area (TPSA) is 37.3 Å². The Hall–Kier alpha value is -1.31. The summed E-state index contributed by atoms with van der Waals surface area (Å²) in [6.07, 6.45) is 8.94. The minimum Gasteiger partial charge on any atom is -0.508 e. The van der Waals surface area contributed by atoms with Crippen molar-refractivity contribution in [3.05, 3.63) is 28.3 Å². The normalized spacial score (nSPS) is 10.1. The van der Waals surface area contributed by atoms with Crippen molar-refractivity contribution in [3.63, 3.8) is 0 Å². The fourth-order valence-corrected chi connectivity index (χ4v) is 3.00. The van der Waals surface area contributed by atoms with Gasteiger partial charge in [-0.3, -0.25) is 0 Å². The van der Waals surface area contributed by atoms with Crippen LogP contribution in [0.1, 0.15) is 75.6 Å². The Kier molecular flexibility index (Phi) is 10.7. The van der Waals surface area contributed by atoms with Crippen LogP contribution < -0.4 is 0 Å².